The van der Waals surface area contributed by atoms with Gasteiger partial charge in [-0.1, -0.05) is 0 Å². The molecule has 2 amide bonds. The van der Waals surface area contributed by atoms with Gasteiger partial charge < -0.3 is 15.5 Å². The normalized spacial score (nSPS) is 17.2. The zero-order valence-corrected chi connectivity index (χ0v) is 17.4. The molecule has 2 aromatic rings. The maximum absolute atomic E-state index is 12.9. The van der Waals surface area contributed by atoms with Crippen molar-refractivity contribution in [2.45, 2.75) is 29.7 Å². The van der Waals surface area contributed by atoms with Gasteiger partial charge >= 0.3 is 18.4 Å². The molecule has 3 rings (SSSR count). The second-order valence-electron chi connectivity index (χ2n) is 7.22. The summed E-state index contributed by atoms with van der Waals surface area (Å²) >= 11 is 0. The molecule has 1 aromatic carbocycles. The van der Waals surface area contributed by atoms with Crippen LogP contribution < -0.4 is 20.7 Å². The van der Waals surface area contributed by atoms with Gasteiger partial charge in [0, 0.05) is 31.0 Å². The number of urea groups is 1. The maximum atomic E-state index is 12.9. The van der Waals surface area contributed by atoms with Crippen molar-refractivity contribution >= 4 is 27.6 Å². The molecule has 1 fully saturated rings. The van der Waals surface area contributed by atoms with Crippen LogP contribution in [-0.2, 0) is 22.4 Å². The fourth-order valence-electron chi connectivity index (χ4n) is 3.19. The van der Waals surface area contributed by atoms with Crippen molar-refractivity contribution in [2.75, 3.05) is 23.3 Å². The minimum absolute atomic E-state index is 0.0356. The molecule has 1 aliphatic heterocycles. The van der Waals surface area contributed by atoms with E-state index in [-0.39, 0.29) is 17.5 Å². The first-order valence-corrected chi connectivity index (χ1v) is 10.8. The number of benzene rings is 1. The minimum Gasteiger partial charge on any atom is -0.354 e. The molecule has 8 nitrogen and oxygen atoms in total. The van der Waals surface area contributed by atoms with Gasteiger partial charge in [0.25, 0.3) is 0 Å². The highest BCUT2D eigenvalue weighted by Gasteiger charge is 2.37. The van der Waals surface area contributed by atoms with Gasteiger partial charge in [-0.2, -0.15) is 26.3 Å². The van der Waals surface area contributed by atoms with Crippen LogP contribution in [0.4, 0.5) is 42.6 Å². The molecular formula is C18H17F6N5O3S. The van der Waals surface area contributed by atoms with Gasteiger partial charge in [-0.25, -0.2) is 23.3 Å². The summed E-state index contributed by atoms with van der Waals surface area (Å²) in [4.78, 5) is 17.7. The molecule has 0 aliphatic carbocycles. The number of nitrogens with zero attached hydrogens (tertiary/aromatic N) is 2. The minimum atomic E-state index is -5.04. The number of amides is 2. The van der Waals surface area contributed by atoms with E-state index >= 15 is 0 Å². The molecule has 0 bridgehead atoms. The quantitative estimate of drug-likeness (QED) is 0.561. The number of hydrogen-bond acceptors (Lipinski definition) is 5. The van der Waals surface area contributed by atoms with Crippen molar-refractivity contribution in [2.24, 2.45) is 5.14 Å². The lowest BCUT2D eigenvalue weighted by Crippen LogP contribution is -2.39. The van der Waals surface area contributed by atoms with Gasteiger partial charge in [0.1, 0.15) is 10.7 Å². The standard InChI is InChI=1S/C18H17F6N5O3S/c19-17(20,21)10-5-11(18(22,23)24)7-13(6-10)28-16(30)27-12-3-4-29(9-12)15-2-1-14(8-26-15)33(25,31)32/h1-2,5-8,12H,3-4,9H2,(H2,25,31,32)(H2,27,28,30)/t12-/m0/s1. The van der Waals surface area contributed by atoms with Crippen molar-refractivity contribution in [3.63, 3.8) is 0 Å². The highest BCUT2D eigenvalue weighted by Crippen LogP contribution is 2.37. The van der Waals surface area contributed by atoms with E-state index in [4.69, 9.17) is 5.14 Å². The average molecular weight is 497 g/mol. The van der Waals surface area contributed by atoms with E-state index in [2.05, 4.69) is 10.3 Å². The Balaban J connectivity index is 1.66. The van der Waals surface area contributed by atoms with Gasteiger partial charge in [0.15, 0.2) is 0 Å². The molecule has 0 radical (unpaired) electrons. The van der Waals surface area contributed by atoms with Gasteiger partial charge in [0.05, 0.1) is 11.1 Å². The number of carbonyl (C=O) groups excluding carboxylic acids is 1. The maximum Gasteiger partial charge on any atom is 0.416 e. The summed E-state index contributed by atoms with van der Waals surface area (Å²) in [6, 6.07) is 2.00. The second kappa shape index (κ2) is 8.70. The fourth-order valence-corrected chi connectivity index (χ4v) is 3.65. The fraction of sp³-hybridized carbons (Fsp3) is 0.333. The summed E-state index contributed by atoms with van der Waals surface area (Å²) in [6.07, 6.45) is -8.59. The number of rotatable bonds is 4. The van der Waals surface area contributed by atoms with E-state index in [1.807, 2.05) is 5.32 Å². The van der Waals surface area contributed by atoms with E-state index < -0.39 is 51.3 Å². The monoisotopic (exact) mass is 497 g/mol. The first-order chi connectivity index (χ1) is 15.1. The first kappa shape index (κ1) is 24.6. The molecule has 180 valence electrons. The van der Waals surface area contributed by atoms with E-state index in [1.165, 1.54) is 12.1 Å². The summed E-state index contributed by atoms with van der Waals surface area (Å²) in [5.41, 5.74) is -3.76. The molecule has 15 heteroatoms. The van der Waals surface area contributed by atoms with Crippen LogP contribution in [0.3, 0.4) is 0 Å². The van der Waals surface area contributed by atoms with E-state index in [0.717, 1.165) is 6.20 Å². The van der Waals surface area contributed by atoms with Crippen LogP contribution >= 0.6 is 0 Å². The molecule has 1 aromatic heterocycles. The Labute approximate surface area is 183 Å². The number of primary sulfonamides is 1. The molecule has 0 spiro atoms. The van der Waals surface area contributed by atoms with Crippen molar-refractivity contribution in [3.8, 4) is 0 Å². The molecule has 1 saturated heterocycles. The van der Waals surface area contributed by atoms with Gasteiger partial charge in [-0.15, -0.1) is 0 Å². The molecule has 2 heterocycles. The van der Waals surface area contributed by atoms with Crippen molar-refractivity contribution in [1.82, 2.24) is 10.3 Å². The Morgan fingerprint density at radius 2 is 1.67 bits per heavy atom. The Kier molecular flexibility index (Phi) is 6.48. The van der Waals surface area contributed by atoms with Crippen LogP contribution in [0, 0.1) is 0 Å². The summed E-state index contributed by atoms with van der Waals surface area (Å²) in [6.45, 7) is 0.639. The lowest BCUT2D eigenvalue weighted by molar-refractivity contribution is -0.143. The van der Waals surface area contributed by atoms with E-state index in [9.17, 15) is 39.6 Å². The van der Waals surface area contributed by atoms with Crippen molar-refractivity contribution in [3.05, 3.63) is 47.7 Å². The highest BCUT2D eigenvalue weighted by atomic mass is 32.2. The summed E-state index contributed by atoms with van der Waals surface area (Å²) < 4.78 is 100. The van der Waals surface area contributed by atoms with Crippen molar-refractivity contribution < 1.29 is 39.6 Å². The number of nitrogens with one attached hydrogen (secondary N) is 2. The van der Waals surface area contributed by atoms with Crippen LogP contribution in [0.15, 0.2) is 41.4 Å². The SMILES string of the molecule is NS(=O)(=O)c1ccc(N2CC[C@H](NC(=O)Nc3cc(C(F)(F)F)cc(C(F)(F)F)c3)C2)nc1. The third-order valence-corrected chi connectivity index (χ3v) is 5.64. The lowest BCUT2D eigenvalue weighted by Gasteiger charge is -2.19. The number of alkyl halides is 6. The number of nitrogens with two attached hydrogens (primary N) is 1. The average Bonchev–Trinajstić information content (AvgIpc) is 3.14. The summed E-state index contributed by atoms with van der Waals surface area (Å²) in [7, 11) is -3.91. The van der Waals surface area contributed by atoms with E-state index in [1.54, 1.807) is 4.90 Å². The van der Waals surface area contributed by atoms with E-state index in [0.29, 0.717) is 30.9 Å². The third kappa shape index (κ3) is 6.25. The molecule has 4 N–H and O–H groups in total. The zero-order valence-electron chi connectivity index (χ0n) is 16.5. The topological polar surface area (TPSA) is 117 Å². The molecule has 33 heavy (non-hydrogen) atoms. The van der Waals surface area contributed by atoms with Gasteiger partial charge in [-0.3, -0.25) is 0 Å². The Morgan fingerprint density at radius 3 is 2.15 bits per heavy atom. The number of sulfonamides is 1. The Morgan fingerprint density at radius 1 is 1.06 bits per heavy atom. The molecule has 1 aliphatic rings. The summed E-state index contributed by atoms with van der Waals surface area (Å²) in [5, 5.41) is 9.50. The summed E-state index contributed by atoms with van der Waals surface area (Å²) in [5.74, 6) is 0.403. The first-order valence-electron chi connectivity index (χ1n) is 9.24. The largest absolute Gasteiger partial charge is 0.416 e. The number of aromatic nitrogens is 1. The van der Waals surface area contributed by atoms with Crippen LogP contribution in [0.1, 0.15) is 17.5 Å². The highest BCUT2D eigenvalue weighted by molar-refractivity contribution is 7.89. The Hall–Kier alpha value is -3.07. The number of pyridine rings is 1. The number of anilines is 2. The molecular weight excluding hydrogens is 480 g/mol. The molecule has 0 unspecified atom stereocenters. The smallest absolute Gasteiger partial charge is 0.354 e. The van der Waals surface area contributed by atoms with Crippen LogP contribution in [0.25, 0.3) is 0 Å². The van der Waals surface area contributed by atoms with Crippen LogP contribution in [0.2, 0.25) is 0 Å². The lowest BCUT2D eigenvalue weighted by atomic mass is 10.1. The second-order valence-corrected chi connectivity index (χ2v) is 8.78. The predicted molar refractivity (Wildman–Crippen MR) is 105 cm³/mol. The number of halogens is 6. The Bertz CT molecular complexity index is 1100. The molecule has 1 atom stereocenters. The van der Waals surface area contributed by atoms with Gasteiger partial charge in [-0.05, 0) is 36.8 Å². The van der Waals surface area contributed by atoms with Crippen LogP contribution in [0.5, 0.6) is 0 Å². The number of hydrogen-bond donors (Lipinski definition) is 3. The third-order valence-electron chi connectivity index (χ3n) is 4.74. The van der Waals surface area contributed by atoms with Gasteiger partial charge in [0.2, 0.25) is 10.0 Å². The molecule has 0 saturated carbocycles. The van der Waals surface area contributed by atoms with Crippen LogP contribution in [-0.4, -0.2) is 38.6 Å². The zero-order chi connectivity index (χ0) is 24.6. The predicted octanol–water partition coefficient (Wildman–Crippen LogP) is 3.17. The number of carbonyl (C=O) groups is 1. The van der Waals surface area contributed by atoms with Crippen molar-refractivity contribution in [1.29, 1.82) is 0 Å².